The number of aromatic nitrogens is 1. The maximum Gasteiger partial charge on any atom is 0.225 e. The number of fused-ring (bicyclic) bond motifs is 4. The van der Waals surface area contributed by atoms with Crippen LogP contribution in [0.2, 0.25) is 5.02 Å². The van der Waals surface area contributed by atoms with Crippen LogP contribution in [-0.4, -0.2) is 69.9 Å². The lowest BCUT2D eigenvalue weighted by Gasteiger charge is -2.47. The number of likely N-dealkylation sites (tertiary alicyclic amines) is 2. The van der Waals surface area contributed by atoms with Crippen LogP contribution in [0.3, 0.4) is 0 Å². The Bertz CT molecular complexity index is 2650. The van der Waals surface area contributed by atoms with Gasteiger partial charge >= 0.3 is 0 Å². The molecule has 304 valence electrons. The van der Waals surface area contributed by atoms with E-state index in [1.165, 1.54) is 43.4 Å². The highest BCUT2D eigenvalue weighted by atomic mass is 35.5. The van der Waals surface area contributed by atoms with E-state index < -0.39 is 6.04 Å². The number of nitrogens with zero attached hydrogens (tertiary/aromatic N) is 5. The molecule has 1 atom stereocenters. The summed E-state index contributed by atoms with van der Waals surface area (Å²) in [7, 11) is 0. The third kappa shape index (κ3) is 7.36. The molecule has 3 aliphatic rings. The number of halogens is 1. The van der Waals surface area contributed by atoms with Gasteiger partial charge in [0.15, 0.2) is 0 Å². The van der Waals surface area contributed by atoms with E-state index in [0.29, 0.717) is 5.02 Å². The molecule has 8 nitrogen and oxygen atoms in total. The number of aryl methyl sites for hydroxylation is 3. The number of aliphatic imine (C=N–C) groups is 1. The Balaban J connectivity index is 0.860. The molecule has 3 aromatic carbocycles. The van der Waals surface area contributed by atoms with E-state index >= 15 is 0 Å². The zero-order valence-corrected chi connectivity index (χ0v) is 37.0. The SMILES string of the molecule is CCn1c2ccc(CN3CCC4(CC3)CCN(C(=O)C[C@@H]3N=C(c5ccc(Cl)cc5)c5c(sc(C)c5C)N(C(C)=N)C3=N)CC4)cc2c2ccc(-c3cc(C)cs3)cc21. The number of benzene rings is 3. The summed E-state index contributed by atoms with van der Waals surface area (Å²) < 4.78 is 2.46. The highest BCUT2D eigenvalue weighted by Gasteiger charge is 2.40. The van der Waals surface area contributed by atoms with E-state index in [1.807, 2.05) is 40.5 Å². The zero-order chi connectivity index (χ0) is 41.2. The smallest absolute Gasteiger partial charge is 0.225 e. The Kier molecular flexibility index (Phi) is 10.6. The van der Waals surface area contributed by atoms with Crippen molar-refractivity contribution in [3.63, 3.8) is 0 Å². The van der Waals surface area contributed by atoms with Gasteiger partial charge in [0.1, 0.15) is 22.7 Å². The van der Waals surface area contributed by atoms with Crippen LogP contribution in [0.4, 0.5) is 5.00 Å². The Morgan fingerprint density at radius 1 is 0.898 bits per heavy atom. The van der Waals surface area contributed by atoms with Gasteiger partial charge in [0.25, 0.3) is 0 Å². The van der Waals surface area contributed by atoms with E-state index in [9.17, 15) is 10.2 Å². The number of hydrogen-bond donors (Lipinski definition) is 2. The van der Waals surface area contributed by atoms with Crippen molar-refractivity contribution in [2.45, 2.75) is 85.9 Å². The summed E-state index contributed by atoms with van der Waals surface area (Å²) in [5.74, 6) is 0.452. The molecule has 0 unspecified atom stereocenters. The number of piperidine rings is 2. The van der Waals surface area contributed by atoms with Crippen molar-refractivity contribution in [2.75, 3.05) is 31.1 Å². The number of anilines is 1. The maximum atomic E-state index is 14.1. The average molecular weight is 843 g/mol. The molecule has 9 rings (SSSR count). The first kappa shape index (κ1) is 39.8. The molecule has 11 heteroatoms. The molecule has 0 radical (unpaired) electrons. The summed E-state index contributed by atoms with van der Waals surface area (Å²) in [6.07, 6.45) is 4.41. The second-order valence-corrected chi connectivity index (χ2v) is 19.5. The van der Waals surface area contributed by atoms with Gasteiger partial charge in [0.2, 0.25) is 5.91 Å². The lowest BCUT2D eigenvalue weighted by molar-refractivity contribution is -0.134. The van der Waals surface area contributed by atoms with Crippen LogP contribution >= 0.6 is 34.3 Å². The van der Waals surface area contributed by atoms with E-state index in [0.717, 1.165) is 97.2 Å². The fourth-order valence-electron chi connectivity index (χ4n) is 9.68. The van der Waals surface area contributed by atoms with Crippen molar-refractivity contribution in [1.82, 2.24) is 14.4 Å². The Morgan fingerprint density at radius 3 is 2.29 bits per heavy atom. The highest BCUT2D eigenvalue weighted by Crippen LogP contribution is 2.43. The van der Waals surface area contributed by atoms with Crippen LogP contribution in [0, 0.1) is 37.0 Å². The Labute approximate surface area is 360 Å². The lowest BCUT2D eigenvalue weighted by atomic mass is 9.71. The summed E-state index contributed by atoms with van der Waals surface area (Å²) in [5.41, 5.74) is 10.5. The van der Waals surface area contributed by atoms with E-state index in [1.54, 1.807) is 23.2 Å². The lowest BCUT2D eigenvalue weighted by Crippen LogP contribution is -2.49. The van der Waals surface area contributed by atoms with Crippen molar-refractivity contribution in [2.24, 2.45) is 10.4 Å². The summed E-state index contributed by atoms with van der Waals surface area (Å²) in [6.45, 7) is 15.7. The van der Waals surface area contributed by atoms with Gasteiger partial charge in [-0.3, -0.25) is 30.4 Å². The average Bonchev–Trinajstić information content (AvgIpc) is 3.87. The summed E-state index contributed by atoms with van der Waals surface area (Å²) >= 11 is 9.67. The van der Waals surface area contributed by atoms with Gasteiger partial charge in [0.05, 0.1) is 12.1 Å². The molecule has 1 amide bonds. The number of nitrogens with one attached hydrogen (secondary N) is 2. The molecular weight excluding hydrogens is 790 g/mol. The van der Waals surface area contributed by atoms with Crippen LogP contribution in [0.15, 0.2) is 77.1 Å². The van der Waals surface area contributed by atoms with Crippen molar-refractivity contribution in [3.05, 3.63) is 110 Å². The molecular formula is C48H52ClN7OS2. The summed E-state index contributed by atoms with van der Waals surface area (Å²) in [4.78, 5) is 28.0. The minimum atomic E-state index is -0.710. The highest BCUT2D eigenvalue weighted by molar-refractivity contribution is 7.17. The zero-order valence-electron chi connectivity index (χ0n) is 34.6. The first-order valence-corrected chi connectivity index (χ1v) is 23.0. The van der Waals surface area contributed by atoms with Crippen molar-refractivity contribution in [3.8, 4) is 10.4 Å². The van der Waals surface area contributed by atoms with Crippen LogP contribution < -0.4 is 4.90 Å². The molecule has 59 heavy (non-hydrogen) atoms. The van der Waals surface area contributed by atoms with E-state index in [-0.39, 0.29) is 29.4 Å². The standard InChI is InChI=1S/C48H52ClN7OS2/c1-6-55-40-14-7-33(24-38(40)37-13-10-35(25-41(37)55)42-23-29(2)28-58-42)27-53-19-15-48(16-20-53)17-21-54(22-18-48)43(57)26-39-46(51)56(32(5)50)47-44(30(3)31(4)59-47)45(52-39)34-8-11-36(49)12-9-34/h7-14,23-25,28,39,50-51H,6,15-22,26-27H2,1-5H3/t39-/m0/s1. The molecule has 0 saturated carbocycles. The maximum absolute atomic E-state index is 14.1. The third-order valence-electron chi connectivity index (χ3n) is 13.2. The van der Waals surface area contributed by atoms with Crippen LogP contribution in [0.1, 0.15) is 78.6 Å². The Morgan fingerprint density at radius 2 is 1.61 bits per heavy atom. The molecule has 0 bridgehead atoms. The second kappa shape index (κ2) is 15.8. The van der Waals surface area contributed by atoms with Gasteiger partial charge in [0, 0.05) is 73.9 Å². The number of thiophene rings is 2. The largest absolute Gasteiger partial charge is 0.343 e. The molecule has 6 aromatic rings. The minimum absolute atomic E-state index is 0.0321. The quantitative estimate of drug-likeness (QED) is 0.124. The summed E-state index contributed by atoms with van der Waals surface area (Å²) in [6, 6.07) is 23.2. The first-order valence-electron chi connectivity index (χ1n) is 20.9. The fraction of sp³-hybridized carbons (Fsp3) is 0.375. The van der Waals surface area contributed by atoms with Crippen molar-refractivity contribution >= 4 is 84.4 Å². The first-order chi connectivity index (χ1) is 28.4. The van der Waals surface area contributed by atoms with Crippen LogP contribution in [0.5, 0.6) is 0 Å². The predicted molar refractivity (Wildman–Crippen MR) is 249 cm³/mol. The van der Waals surface area contributed by atoms with Gasteiger partial charge in [-0.15, -0.1) is 22.7 Å². The van der Waals surface area contributed by atoms with E-state index in [2.05, 4.69) is 85.0 Å². The molecule has 1 spiro atoms. The summed E-state index contributed by atoms with van der Waals surface area (Å²) in [5, 5.41) is 24.4. The number of rotatable bonds is 7. The van der Waals surface area contributed by atoms with Crippen molar-refractivity contribution in [1.29, 1.82) is 10.8 Å². The predicted octanol–water partition coefficient (Wildman–Crippen LogP) is 11.5. The van der Waals surface area contributed by atoms with Crippen LogP contribution in [-0.2, 0) is 17.9 Å². The molecule has 6 heterocycles. The van der Waals surface area contributed by atoms with Gasteiger partial charge in [-0.1, -0.05) is 41.9 Å². The number of hydrogen-bond acceptors (Lipinski definition) is 7. The molecule has 0 aliphatic carbocycles. The van der Waals surface area contributed by atoms with Crippen molar-refractivity contribution < 1.29 is 4.79 Å². The Hall–Kier alpha value is -4.61. The fourth-order valence-corrected chi connectivity index (χ4v) is 11.9. The van der Waals surface area contributed by atoms with Gasteiger partial charge in [-0.25, -0.2) is 0 Å². The number of carbonyl (C=O) groups is 1. The normalized spacial score (nSPS) is 18.4. The molecule has 3 aliphatic heterocycles. The third-order valence-corrected chi connectivity index (χ3v) is 15.8. The number of amidine groups is 2. The molecule has 2 saturated heterocycles. The van der Waals surface area contributed by atoms with Gasteiger partial charge in [-0.05, 0) is 143 Å². The van der Waals surface area contributed by atoms with Crippen LogP contribution in [0.25, 0.3) is 32.2 Å². The molecule has 2 fully saturated rings. The number of carbonyl (C=O) groups excluding carboxylic acids is 1. The van der Waals surface area contributed by atoms with E-state index in [4.69, 9.17) is 22.0 Å². The number of amides is 1. The topological polar surface area (TPSA) is 91.8 Å². The minimum Gasteiger partial charge on any atom is -0.343 e. The van der Waals surface area contributed by atoms with Gasteiger partial charge < -0.3 is 9.47 Å². The second-order valence-electron chi connectivity index (χ2n) is 16.9. The molecule has 2 N–H and O–H groups in total. The monoisotopic (exact) mass is 841 g/mol. The van der Waals surface area contributed by atoms with Gasteiger partial charge in [-0.2, -0.15) is 0 Å². The molecule has 3 aromatic heterocycles.